The normalized spacial score (nSPS) is 22.7. The van der Waals surface area contributed by atoms with Gasteiger partial charge in [-0.3, -0.25) is 5.01 Å². The fourth-order valence-electron chi connectivity index (χ4n) is 3.92. The standard InChI is InChI=1S/C21H22N2O3/c1-13(2)9-21-23-17(15-5-3-4-6-18(15)26-21)11-16(22-23)14-7-8-19-20(10-14)25-12-24-19/h3-8,10,13,17,21H,9,11-12H2,1-2H3/t17-,21+/m1/s1. The molecule has 3 heterocycles. The summed E-state index contributed by atoms with van der Waals surface area (Å²) in [4.78, 5) is 0. The number of rotatable bonds is 3. The number of hydrogen-bond acceptors (Lipinski definition) is 5. The molecule has 3 aliphatic rings. The summed E-state index contributed by atoms with van der Waals surface area (Å²) in [5.41, 5.74) is 3.37. The first kappa shape index (κ1) is 15.6. The first-order valence-electron chi connectivity index (χ1n) is 9.20. The van der Waals surface area contributed by atoms with E-state index in [1.165, 1.54) is 5.56 Å². The smallest absolute Gasteiger partial charge is 0.231 e. The summed E-state index contributed by atoms with van der Waals surface area (Å²) in [5.74, 6) is 3.12. The predicted octanol–water partition coefficient (Wildman–Crippen LogP) is 4.33. The second-order valence-corrected chi connectivity index (χ2v) is 7.45. The number of para-hydroxylation sites is 1. The van der Waals surface area contributed by atoms with Crippen LogP contribution in [0.3, 0.4) is 0 Å². The van der Waals surface area contributed by atoms with Crippen molar-refractivity contribution in [2.24, 2.45) is 11.0 Å². The van der Waals surface area contributed by atoms with E-state index in [1.807, 2.05) is 18.2 Å². The van der Waals surface area contributed by atoms with E-state index in [0.717, 1.165) is 41.4 Å². The highest BCUT2D eigenvalue weighted by molar-refractivity contribution is 6.02. The zero-order valence-corrected chi connectivity index (χ0v) is 15.0. The Balaban J connectivity index is 1.51. The Labute approximate surface area is 153 Å². The summed E-state index contributed by atoms with van der Waals surface area (Å²) < 4.78 is 17.2. The molecule has 0 bridgehead atoms. The number of ether oxygens (including phenoxy) is 3. The minimum absolute atomic E-state index is 0.0265. The maximum absolute atomic E-state index is 6.29. The molecule has 5 nitrogen and oxygen atoms in total. The summed E-state index contributed by atoms with van der Waals surface area (Å²) in [6, 6.07) is 14.6. The quantitative estimate of drug-likeness (QED) is 0.826. The SMILES string of the molecule is CC(C)C[C@@H]1Oc2ccccc2[C@H]2CC(c3ccc4c(c3)OCO4)=NN12. The third-order valence-electron chi connectivity index (χ3n) is 5.16. The van der Waals surface area contributed by atoms with Gasteiger partial charge in [0, 0.05) is 24.0 Å². The summed E-state index contributed by atoms with van der Waals surface area (Å²) >= 11 is 0. The maximum Gasteiger partial charge on any atom is 0.231 e. The molecule has 2 atom stereocenters. The zero-order valence-electron chi connectivity index (χ0n) is 15.0. The highest BCUT2D eigenvalue weighted by Gasteiger charge is 2.40. The molecule has 0 unspecified atom stereocenters. The van der Waals surface area contributed by atoms with Crippen molar-refractivity contribution in [1.29, 1.82) is 0 Å². The third-order valence-corrected chi connectivity index (χ3v) is 5.16. The Morgan fingerprint density at radius 1 is 1.08 bits per heavy atom. The van der Waals surface area contributed by atoms with Crippen molar-refractivity contribution in [2.45, 2.75) is 39.0 Å². The van der Waals surface area contributed by atoms with Crippen LogP contribution in [0.4, 0.5) is 0 Å². The molecule has 0 fully saturated rings. The minimum Gasteiger partial charge on any atom is -0.469 e. The molecule has 5 rings (SSSR count). The van der Waals surface area contributed by atoms with Gasteiger partial charge >= 0.3 is 0 Å². The van der Waals surface area contributed by atoms with Gasteiger partial charge in [-0.2, -0.15) is 5.10 Å². The summed E-state index contributed by atoms with van der Waals surface area (Å²) in [6.07, 6.45) is 1.79. The van der Waals surface area contributed by atoms with Gasteiger partial charge in [0.1, 0.15) is 5.75 Å². The number of nitrogens with zero attached hydrogens (tertiary/aromatic N) is 2. The van der Waals surface area contributed by atoms with E-state index in [1.54, 1.807) is 0 Å². The van der Waals surface area contributed by atoms with Crippen LogP contribution in [-0.4, -0.2) is 23.7 Å². The number of hydrogen-bond donors (Lipinski definition) is 0. The Kier molecular flexibility index (Phi) is 3.55. The zero-order chi connectivity index (χ0) is 17.7. The molecule has 0 saturated heterocycles. The van der Waals surface area contributed by atoms with Crippen LogP contribution < -0.4 is 14.2 Å². The van der Waals surface area contributed by atoms with Crippen molar-refractivity contribution in [3.05, 3.63) is 53.6 Å². The number of benzene rings is 2. The van der Waals surface area contributed by atoms with Crippen LogP contribution in [0.1, 0.15) is 43.9 Å². The molecule has 0 aromatic heterocycles. The van der Waals surface area contributed by atoms with Gasteiger partial charge in [-0.05, 0) is 30.2 Å². The summed E-state index contributed by atoms with van der Waals surface area (Å²) in [5, 5.41) is 7.12. The lowest BCUT2D eigenvalue weighted by Crippen LogP contribution is -2.41. The van der Waals surface area contributed by atoms with E-state index >= 15 is 0 Å². The summed E-state index contributed by atoms with van der Waals surface area (Å²) in [6.45, 7) is 4.73. The Hall–Kier alpha value is -2.69. The van der Waals surface area contributed by atoms with Gasteiger partial charge in [0.05, 0.1) is 11.8 Å². The van der Waals surface area contributed by atoms with Gasteiger partial charge in [0.25, 0.3) is 0 Å². The van der Waals surface area contributed by atoms with E-state index in [9.17, 15) is 0 Å². The van der Waals surface area contributed by atoms with Crippen molar-refractivity contribution < 1.29 is 14.2 Å². The lowest BCUT2D eigenvalue weighted by Gasteiger charge is -2.38. The van der Waals surface area contributed by atoms with Crippen LogP contribution in [0.5, 0.6) is 17.2 Å². The van der Waals surface area contributed by atoms with E-state index in [-0.39, 0.29) is 19.1 Å². The second-order valence-electron chi connectivity index (χ2n) is 7.45. The molecule has 0 spiro atoms. The van der Waals surface area contributed by atoms with Crippen molar-refractivity contribution in [2.75, 3.05) is 6.79 Å². The van der Waals surface area contributed by atoms with Gasteiger partial charge in [-0.15, -0.1) is 0 Å². The van der Waals surface area contributed by atoms with Crippen LogP contribution in [0.15, 0.2) is 47.6 Å². The van der Waals surface area contributed by atoms with E-state index in [4.69, 9.17) is 19.3 Å². The van der Waals surface area contributed by atoms with Gasteiger partial charge in [-0.1, -0.05) is 32.0 Å². The molecule has 2 aromatic carbocycles. The Morgan fingerprint density at radius 2 is 1.92 bits per heavy atom. The lowest BCUT2D eigenvalue weighted by atomic mass is 9.95. The Morgan fingerprint density at radius 3 is 2.81 bits per heavy atom. The average Bonchev–Trinajstić information content (AvgIpc) is 3.28. The first-order valence-corrected chi connectivity index (χ1v) is 9.20. The number of hydrazone groups is 1. The molecule has 0 N–H and O–H groups in total. The lowest BCUT2D eigenvalue weighted by molar-refractivity contribution is -0.0291. The molecule has 0 radical (unpaired) electrons. The second kappa shape index (κ2) is 5.94. The maximum atomic E-state index is 6.29. The van der Waals surface area contributed by atoms with Crippen molar-refractivity contribution >= 4 is 5.71 Å². The van der Waals surface area contributed by atoms with Crippen molar-refractivity contribution in [1.82, 2.24) is 5.01 Å². The fraction of sp³-hybridized carbons (Fsp3) is 0.381. The van der Waals surface area contributed by atoms with Crippen LogP contribution in [0.2, 0.25) is 0 Å². The van der Waals surface area contributed by atoms with Gasteiger partial charge in [0.15, 0.2) is 17.7 Å². The topological polar surface area (TPSA) is 43.3 Å². The first-order chi connectivity index (χ1) is 12.7. The highest BCUT2D eigenvalue weighted by Crippen LogP contribution is 2.44. The monoisotopic (exact) mass is 350 g/mol. The van der Waals surface area contributed by atoms with Gasteiger partial charge in [-0.25, -0.2) is 0 Å². The average molecular weight is 350 g/mol. The fourth-order valence-corrected chi connectivity index (χ4v) is 3.92. The van der Waals surface area contributed by atoms with Crippen LogP contribution in [0.25, 0.3) is 0 Å². The van der Waals surface area contributed by atoms with Crippen molar-refractivity contribution in [3.8, 4) is 17.2 Å². The molecular weight excluding hydrogens is 328 g/mol. The van der Waals surface area contributed by atoms with E-state index < -0.39 is 0 Å². The molecule has 0 amide bonds. The molecule has 134 valence electrons. The predicted molar refractivity (Wildman–Crippen MR) is 98.6 cm³/mol. The van der Waals surface area contributed by atoms with E-state index in [2.05, 4.69) is 43.1 Å². The van der Waals surface area contributed by atoms with Crippen LogP contribution in [0, 0.1) is 5.92 Å². The largest absolute Gasteiger partial charge is 0.469 e. The molecular formula is C21H22N2O3. The van der Waals surface area contributed by atoms with Crippen LogP contribution in [-0.2, 0) is 0 Å². The molecule has 0 saturated carbocycles. The molecule has 3 aliphatic heterocycles. The third kappa shape index (κ3) is 2.50. The van der Waals surface area contributed by atoms with Crippen molar-refractivity contribution in [3.63, 3.8) is 0 Å². The molecule has 26 heavy (non-hydrogen) atoms. The highest BCUT2D eigenvalue weighted by atomic mass is 16.7. The molecule has 2 aromatic rings. The molecule has 0 aliphatic carbocycles. The Bertz CT molecular complexity index is 877. The van der Waals surface area contributed by atoms with E-state index in [0.29, 0.717) is 5.92 Å². The van der Waals surface area contributed by atoms with Gasteiger partial charge < -0.3 is 14.2 Å². The van der Waals surface area contributed by atoms with Crippen LogP contribution >= 0.6 is 0 Å². The summed E-state index contributed by atoms with van der Waals surface area (Å²) in [7, 11) is 0. The number of fused-ring (bicyclic) bond motifs is 4. The van der Waals surface area contributed by atoms with Gasteiger partial charge in [0.2, 0.25) is 6.79 Å². The minimum atomic E-state index is -0.0265. The molecule has 5 heteroatoms.